The normalized spacial score (nSPS) is 17.5. The van der Waals surface area contributed by atoms with Gasteiger partial charge in [0.1, 0.15) is 5.75 Å². The van der Waals surface area contributed by atoms with Crippen molar-refractivity contribution >= 4 is 21.8 Å². The molecule has 0 aliphatic carbocycles. The fourth-order valence-corrected chi connectivity index (χ4v) is 3.30. The van der Waals surface area contributed by atoms with Crippen molar-refractivity contribution in [3.63, 3.8) is 0 Å². The number of likely N-dealkylation sites (tertiary alicyclic amines) is 1. The topological polar surface area (TPSA) is 54.5 Å². The fraction of sp³-hybridized carbons (Fsp3) is 0.400. The van der Waals surface area contributed by atoms with Crippen molar-refractivity contribution in [3.8, 4) is 11.6 Å². The predicted molar refractivity (Wildman–Crippen MR) is 106 cm³/mol. The number of aromatic nitrogens is 1. The molecule has 0 spiro atoms. The zero-order valence-corrected chi connectivity index (χ0v) is 16.7. The van der Waals surface area contributed by atoms with Gasteiger partial charge in [0.25, 0.3) is 5.91 Å². The molecule has 0 radical (unpaired) electrons. The van der Waals surface area contributed by atoms with Crippen LogP contribution in [0, 0.1) is 5.92 Å². The highest BCUT2D eigenvalue weighted by molar-refractivity contribution is 9.10. The summed E-state index contributed by atoms with van der Waals surface area (Å²) in [5.41, 5.74) is 0.548. The zero-order chi connectivity index (χ0) is 18.5. The summed E-state index contributed by atoms with van der Waals surface area (Å²) in [6.45, 7) is 7.30. The van der Waals surface area contributed by atoms with Crippen LogP contribution in [0.5, 0.6) is 11.6 Å². The van der Waals surface area contributed by atoms with E-state index in [2.05, 4.69) is 45.0 Å². The maximum absolute atomic E-state index is 12.3. The molecule has 1 fully saturated rings. The van der Waals surface area contributed by atoms with Crippen molar-refractivity contribution in [3.05, 3.63) is 52.6 Å². The predicted octanol–water partition coefficient (Wildman–Crippen LogP) is 4.10. The highest BCUT2D eigenvalue weighted by Gasteiger charge is 2.24. The Morgan fingerprint density at radius 1 is 1.31 bits per heavy atom. The SMILES string of the molecule is CC(C)N1CCC(CNC(=O)c2ccc(Oc3ccc(Br)cc3)nc2)C1. The van der Waals surface area contributed by atoms with Crippen molar-refractivity contribution < 1.29 is 9.53 Å². The molecule has 1 unspecified atom stereocenters. The molecule has 138 valence electrons. The van der Waals surface area contributed by atoms with Crippen molar-refractivity contribution in [2.24, 2.45) is 5.92 Å². The highest BCUT2D eigenvalue weighted by Crippen LogP contribution is 2.22. The number of ether oxygens (including phenoxy) is 1. The van der Waals surface area contributed by atoms with E-state index in [-0.39, 0.29) is 5.91 Å². The summed E-state index contributed by atoms with van der Waals surface area (Å²) in [6, 6.07) is 11.5. The number of rotatable bonds is 6. The standard InChI is InChI=1S/C20H24BrN3O2/c1-14(2)24-10-9-15(13-24)11-23-20(25)16-3-8-19(22-12-16)26-18-6-4-17(21)5-7-18/h3-8,12,14-15H,9-11,13H2,1-2H3,(H,23,25). The van der Waals surface area contributed by atoms with Crippen LogP contribution in [0.2, 0.25) is 0 Å². The van der Waals surface area contributed by atoms with Crippen molar-refractivity contribution in [1.82, 2.24) is 15.2 Å². The molecule has 0 saturated carbocycles. The number of hydrogen-bond acceptors (Lipinski definition) is 4. The minimum absolute atomic E-state index is 0.0873. The molecule has 1 amide bonds. The average molecular weight is 418 g/mol. The Bertz CT molecular complexity index is 732. The summed E-state index contributed by atoms with van der Waals surface area (Å²) in [5, 5.41) is 3.02. The molecule has 0 bridgehead atoms. The van der Waals surface area contributed by atoms with Gasteiger partial charge in [0.2, 0.25) is 5.88 Å². The first-order valence-electron chi connectivity index (χ1n) is 8.93. The number of nitrogens with one attached hydrogen (secondary N) is 1. The van der Waals surface area contributed by atoms with E-state index < -0.39 is 0 Å². The van der Waals surface area contributed by atoms with Crippen LogP contribution in [0.25, 0.3) is 0 Å². The molecular weight excluding hydrogens is 394 g/mol. The van der Waals surface area contributed by atoms with Gasteiger partial charge in [0, 0.05) is 35.9 Å². The molecule has 1 saturated heterocycles. The number of carbonyl (C=O) groups excluding carboxylic acids is 1. The first-order chi connectivity index (χ1) is 12.5. The lowest BCUT2D eigenvalue weighted by Gasteiger charge is -2.20. The van der Waals surface area contributed by atoms with Crippen LogP contribution in [-0.2, 0) is 0 Å². The van der Waals surface area contributed by atoms with E-state index in [1.54, 1.807) is 18.3 Å². The number of benzene rings is 1. The quantitative estimate of drug-likeness (QED) is 0.768. The second-order valence-corrected chi connectivity index (χ2v) is 7.81. The molecule has 1 aromatic heterocycles. The van der Waals surface area contributed by atoms with Crippen LogP contribution < -0.4 is 10.1 Å². The lowest BCUT2D eigenvalue weighted by Crippen LogP contribution is -2.33. The van der Waals surface area contributed by atoms with Gasteiger partial charge in [-0.15, -0.1) is 0 Å². The summed E-state index contributed by atoms with van der Waals surface area (Å²) < 4.78 is 6.66. The number of carbonyl (C=O) groups is 1. The second-order valence-electron chi connectivity index (χ2n) is 6.89. The average Bonchev–Trinajstić information content (AvgIpc) is 3.12. The van der Waals surface area contributed by atoms with Crippen molar-refractivity contribution in [1.29, 1.82) is 0 Å². The van der Waals surface area contributed by atoms with E-state index in [9.17, 15) is 4.79 Å². The Hall–Kier alpha value is -1.92. The Kier molecular flexibility index (Phi) is 6.27. The molecule has 3 rings (SSSR count). The molecule has 2 heterocycles. The van der Waals surface area contributed by atoms with Crippen molar-refractivity contribution in [2.75, 3.05) is 19.6 Å². The number of nitrogens with zero attached hydrogens (tertiary/aromatic N) is 2. The van der Waals surface area contributed by atoms with Gasteiger partial charge < -0.3 is 15.0 Å². The van der Waals surface area contributed by atoms with Gasteiger partial charge in [-0.05, 0) is 63.1 Å². The lowest BCUT2D eigenvalue weighted by atomic mass is 10.1. The van der Waals surface area contributed by atoms with Gasteiger partial charge >= 0.3 is 0 Å². The van der Waals surface area contributed by atoms with Gasteiger partial charge in [-0.25, -0.2) is 4.98 Å². The van der Waals surface area contributed by atoms with Gasteiger partial charge in [-0.3, -0.25) is 4.79 Å². The van der Waals surface area contributed by atoms with Gasteiger partial charge in [0.05, 0.1) is 5.56 Å². The van der Waals surface area contributed by atoms with Gasteiger partial charge in [-0.2, -0.15) is 0 Å². The van der Waals surface area contributed by atoms with E-state index in [1.165, 1.54) is 0 Å². The van der Waals surface area contributed by atoms with E-state index in [0.717, 1.165) is 24.0 Å². The van der Waals surface area contributed by atoms with Crippen LogP contribution in [0.1, 0.15) is 30.6 Å². The van der Waals surface area contributed by atoms with Crippen LogP contribution >= 0.6 is 15.9 Å². The molecular formula is C20H24BrN3O2. The first-order valence-corrected chi connectivity index (χ1v) is 9.72. The van der Waals surface area contributed by atoms with Crippen molar-refractivity contribution in [2.45, 2.75) is 26.3 Å². The maximum atomic E-state index is 12.3. The van der Waals surface area contributed by atoms with Gasteiger partial charge in [0.15, 0.2) is 0 Å². The highest BCUT2D eigenvalue weighted by atomic mass is 79.9. The van der Waals surface area contributed by atoms with Crippen LogP contribution in [-0.4, -0.2) is 41.5 Å². The molecule has 2 aromatic rings. The number of hydrogen-bond donors (Lipinski definition) is 1. The largest absolute Gasteiger partial charge is 0.439 e. The van der Waals surface area contributed by atoms with Gasteiger partial charge in [-0.1, -0.05) is 15.9 Å². The third kappa shape index (κ3) is 5.05. The van der Waals surface area contributed by atoms with E-state index in [1.807, 2.05) is 24.3 Å². The summed E-state index contributed by atoms with van der Waals surface area (Å²) in [4.78, 5) is 19.0. The maximum Gasteiger partial charge on any atom is 0.252 e. The smallest absolute Gasteiger partial charge is 0.252 e. The fourth-order valence-electron chi connectivity index (χ4n) is 3.04. The molecule has 5 nitrogen and oxygen atoms in total. The lowest BCUT2D eigenvalue weighted by molar-refractivity contribution is 0.0946. The molecule has 1 aromatic carbocycles. The third-order valence-corrected chi connectivity index (χ3v) is 5.16. The molecule has 1 N–H and O–H groups in total. The summed E-state index contributed by atoms with van der Waals surface area (Å²) >= 11 is 3.39. The summed E-state index contributed by atoms with van der Waals surface area (Å²) in [5.74, 6) is 1.60. The van der Waals surface area contributed by atoms with Crippen LogP contribution in [0.15, 0.2) is 47.1 Å². The Labute approximate surface area is 162 Å². The van der Waals surface area contributed by atoms with Crippen LogP contribution in [0.3, 0.4) is 0 Å². The molecule has 1 aliphatic heterocycles. The molecule has 6 heteroatoms. The number of pyridine rings is 1. The Balaban J connectivity index is 1.50. The number of halogens is 1. The summed E-state index contributed by atoms with van der Waals surface area (Å²) in [7, 11) is 0. The monoisotopic (exact) mass is 417 g/mol. The van der Waals surface area contributed by atoms with Crippen LogP contribution in [0.4, 0.5) is 0 Å². The molecule has 1 aliphatic rings. The second kappa shape index (κ2) is 8.64. The minimum Gasteiger partial charge on any atom is -0.439 e. The van der Waals surface area contributed by atoms with E-state index >= 15 is 0 Å². The summed E-state index contributed by atoms with van der Waals surface area (Å²) in [6.07, 6.45) is 2.69. The third-order valence-electron chi connectivity index (χ3n) is 4.63. The zero-order valence-electron chi connectivity index (χ0n) is 15.1. The van der Waals surface area contributed by atoms with E-state index in [4.69, 9.17) is 4.74 Å². The number of amides is 1. The molecule has 26 heavy (non-hydrogen) atoms. The van der Waals surface area contributed by atoms with E-state index in [0.29, 0.717) is 35.7 Å². The Morgan fingerprint density at radius 2 is 2.08 bits per heavy atom. The minimum atomic E-state index is -0.0873. The first kappa shape index (κ1) is 18.9. The molecule has 1 atom stereocenters. The Morgan fingerprint density at radius 3 is 2.69 bits per heavy atom.